The Morgan fingerprint density at radius 1 is 1.26 bits per heavy atom. The first kappa shape index (κ1) is 13.6. The molecule has 0 fully saturated rings. The van der Waals surface area contributed by atoms with Gasteiger partial charge in [0.05, 0.1) is 24.9 Å². The number of ether oxygens (including phenoxy) is 2. The second kappa shape index (κ2) is 5.44. The van der Waals surface area contributed by atoms with Crippen LogP contribution >= 0.6 is 15.9 Å². The number of benzene rings is 1. The molecule has 0 N–H and O–H groups in total. The number of aromatic nitrogens is 2. The van der Waals surface area contributed by atoms with Crippen LogP contribution < -0.4 is 9.47 Å². The molecule has 0 unspecified atom stereocenters. The quantitative estimate of drug-likeness (QED) is 0.810. The van der Waals surface area contributed by atoms with E-state index in [1.807, 2.05) is 0 Å². The number of nitrogens with zero attached hydrogens (tertiary/aromatic N) is 2. The number of halogens is 1. The van der Waals surface area contributed by atoms with E-state index in [-0.39, 0.29) is 5.78 Å². The number of aryl methyl sites for hydroxylation is 1. The normalized spacial score (nSPS) is 10.3. The highest BCUT2D eigenvalue weighted by atomic mass is 79.9. The van der Waals surface area contributed by atoms with Gasteiger partial charge >= 0.3 is 0 Å². The average molecular weight is 325 g/mol. The Hall–Kier alpha value is -1.82. The number of hydrogen-bond donors (Lipinski definition) is 0. The van der Waals surface area contributed by atoms with Gasteiger partial charge in [0.25, 0.3) is 0 Å². The molecule has 2 rings (SSSR count). The summed E-state index contributed by atoms with van der Waals surface area (Å²) in [6.07, 6.45) is 1.58. The third kappa shape index (κ3) is 2.35. The van der Waals surface area contributed by atoms with E-state index in [2.05, 4.69) is 21.0 Å². The van der Waals surface area contributed by atoms with Crippen LogP contribution in [0.4, 0.5) is 0 Å². The fraction of sp³-hybridized carbons (Fsp3) is 0.231. The lowest BCUT2D eigenvalue weighted by Gasteiger charge is -2.12. The topological polar surface area (TPSA) is 53.4 Å². The van der Waals surface area contributed by atoms with Crippen molar-refractivity contribution in [2.75, 3.05) is 14.2 Å². The molecule has 0 aliphatic heterocycles. The predicted molar refractivity (Wildman–Crippen MR) is 73.9 cm³/mol. The maximum absolute atomic E-state index is 12.7. The van der Waals surface area contributed by atoms with E-state index >= 15 is 0 Å². The standard InChI is InChI=1S/C13H13BrN2O3/c1-16-12(8(14)7-15-16)13(17)11-9(18-2)5-4-6-10(11)19-3/h4-7H,1-3H3. The lowest BCUT2D eigenvalue weighted by atomic mass is 10.1. The molecule has 0 saturated heterocycles. The van der Waals surface area contributed by atoms with Gasteiger partial charge in [-0.15, -0.1) is 0 Å². The summed E-state index contributed by atoms with van der Waals surface area (Å²) in [5.41, 5.74) is 0.833. The predicted octanol–water partition coefficient (Wildman–Crippen LogP) is 2.43. The number of ketones is 1. The SMILES string of the molecule is COc1cccc(OC)c1C(=O)c1c(Br)cnn1C. The van der Waals surface area contributed by atoms with Crippen molar-refractivity contribution in [2.24, 2.45) is 7.05 Å². The Morgan fingerprint density at radius 2 is 1.84 bits per heavy atom. The molecule has 0 aliphatic carbocycles. The van der Waals surface area contributed by atoms with Crippen molar-refractivity contribution in [2.45, 2.75) is 0 Å². The van der Waals surface area contributed by atoms with Gasteiger partial charge in [-0.2, -0.15) is 5.10 Å². The van der Waals surface area contributed by atoms with Gasteiger partial charge in [-0.05, 0) is 28.1 Å². The Morgan fingerprint density at radius 3 is 2.26 bits per heavy atom. The van der Waals surface area contributed by atoms with Gasteiger partial charge in [-0.3, -0.25) is 9.48 Å². The van der Waals surface area contributed by atoms with Crippen molar-refractivity contribution in [3.63, 3.8) is 0 Å². The first-order valence-electron chi connectivity index (χ1n) is 5.53. The molecule has 0 aliphatic rings. The van der Waals surface area contributed by atoms with Crippen LogP contribution in [0.1, 0.15) is 16.1 Å². The highest BCUT2D eigenvalue weighted by molar-refractivity contribution is 9.10. The minimum Gasteiger partial charge on any atom is -0.496 e. The van der Waals surface area contributed by atoms with Gasteiger partial charge in [-0.25, -0.2) is 0 Å². The molecule has 2 aromatic rings. The van der Waals surface area contributed by atoms with Gasteiger partial charge in [-0.1, -0.05) is 6.07 Å². The number of methoxy groups -OCH3 is 2. The Bertz CT molecular complexity index is 581. The fourth-order valence-electron chi connectivity index (χ4n) is 1.86. The summed E-state index contributed by atoms with van der Waals surface area (Å²) in [7, 11) is 4.74. The summed E-state index contributed by atoms with van der Waals surface area (Å²) in [6.45, 7) is 0. The number of hydrogen-bond acceptors (Lipinski definition) is 4. The van der Waals surface area contributed by atoms with Crippen molar-refractivity contribution < 1.29 is 14.3 Å². The fourth-order valence-corrected chi connectivity index (χ4v) is 2.39. The van der Waals surface area contributed by atoms with Gasteiger partial charge in [0, 0.05) is 7.05 Å². The van der Waals surface area contributed by atoms with E-state index in [4.69, 9.17) is 9.47 Å². The highest BCUT2D eigenvalue weighted by Crippen LogP contribution is 2.32. The third-order valence-electron chi connectivity index (χ3n) is 2.76. The van der Waals surface area contributed by atoms with Crippen molar-refractivity contribution in [1.29, 1.82) is 0 Å². The van der Waals surface area contributed by atoms with Crippen LogP contribution in [0.5, 0.6) is 11.5 Å². The largest absolute Gasteiger partial charge is 0.496 e. The maximum atomic E-state index is 12.7. The molecule has 100 valence electrons. The van der Waals surface area contributed by atoms with Crippen LogP contribution in [-0.2, 0) is 7.05 Å². The zero-order valence-electron chi connectivity index (χ0n) is 10.8. The summed E-state index contributed by atoms with van der Waals surface area (Å²) >= 11 is 3.32. The summed E-state index contributed by atoms with van der Waals surface area (Å²) in [5.74, 6) is 0.732. The molecule has 1 aromatic heterocycles. The van der Waals surface area contributed by atoms with Crippen LogP contribution in [0, 0.1) is 0 Å². The smallest absolute Gasteiger partial charge is 0.219 e. The van der Waals surface area contributed by atoms with Crippen molar-refractivity contribution in [3.8, 4) is 11.5 Å². The van der Waals surface area contributed by atoms with Gasteiger partial charge < -0.3 is 9.47 Å². The van der Waals surface area contributed by atoms with Crippen molar-refractivity contribution in [3.05, 3.63) is 40.1 Å². The van der Waals surface area contributed by atoms with Gasteiger partial charge in [0.2, 0.25) is 5.78 Å². The minimum atomic E-state index is -0.207. The molecule has 0 spiro atoms. The van der Waals surface area contributed by atoms with E-state index in [1.54, 1.807) is 31.4 Å². The molecule has 0 bridgehead atoms. The number of carbonyl (C=O) groups is 1. The molecular formula is C13H13BrN2O3. The van der Waals surface area contributed by atoms with Crippen LogP contribution in [0.3, 0.4) is 0 Å². The summed E-state index contributed by atoms with van der Waals surface area (Å²) in [6, 6.07) is 5.22. The third-order valence-corrected chi connectivity index (χ3v) is 3.34. The number of carbonyl (C=O) groups excluding carboxylic acids is 1. The lowest BCUT2D eigenvalue weighted by Crippen LogP contribution is -2.11. The van der Waals surface area contributed by atoms with Gasteiger partial charge in [0.15, 0.2) is 0 Å². The van der Waals surface area contributed by atoms with Gasteiger partial charge in [0.1, 0.15) is 22.8 Å². The zero-order chi connectivity index (χ0) is 14.0. The molecule has 19 heavy (non-hydrogen) atoms. The second-order valence-corrected chi connectivity index (χ2v) is 4.69. The Kier molecular flexibility index (Phi) is 3.90. The second-order valence-electron chi connectivity index (χ2n) is 3.83. The number of rotatable bonds is 4. The summed E-state index contributed by atoms with van der Waals surface area (Å²) in [5, 5.41) is 4.04. The Labute approximate surface area is 119 Å². The molecule has 5 nitrogen and oxygen atoms in total. The van der Waals surface area contributed by atoms with E-state index in [9.17, 15) is 4.79 Å². The average Bonchev–Trinajstić information content (AvgIpc) is 2.76. The van der Waals surface area contributed by atoms with Crippen LogP contribution in [0.15, 0.2) is 28.9 Å². The highest BCUT2D eigenvalue weighted by Gasteiger charge is 2.24. The van der Waals surface area contributed by atoms with Crippen molar-refractivity contribution in [1.82, 2.24) is 9.78 Å². The summed E-state index contributed by atoms with van der Waals surface area (Å²) < 4.78 is 12.6. The molecule has 0 atom stereocenters. The maximum Gasteiger partial charge on any atom is 0.219 e. The van der Waals surface area contributed by atoms with E-state index in [1.165, 1.54) is 18.9 Å². The van der Waals surface area contributed by atoms with Crippen LogP contribution in [0.25, 0.3) is 0 Å². The van der Waals surface area contributed by atoms with Crippen molar-refractivity contribution >= 4 is 21.7 Å². The first-order chi connectivity index (χ1) is 9.10. The molecule has 0 saturated carbocycles. The monoisotopic (exact) mass is 324 g/mol. The lowest BCUT2D eigenvalue weighted by molar-refractivity contribution is 0.102. The Balaban J connectivity index is 2.61. The molecule has 1 aromatic carbocycles. The molecule has 0 radical (unpaired) electrons. The van der Waals surface area contributed by atoms with Crippen LogP contribution in [-0.4, -0.2) is 29.8 Å². The van der Waals surface area contributed by atoms with E-state index in [0.717, 1.165) is 0 Å². The summed E-state index contributed by atoms with van der Waals surface area (Å²) in [4.78, 5) is 12.7. The zero-order valence-corrected chi connectivity index (χ0v) is 12.4. The molecule has 0 amide bonds. The molecular weight excluding hydrogens is 312 g/mol. The van der Waals surface area contributed by atoms with E-state index in [0.29, 0.717) is 27.2 Å². The molecule has 1 heterocycles. The first-order valence-corrected chi connectivity index (χ1v) is 6.32. The van der Waals surface area contributed by atoms with E-state index < -0.39 is 0 Å². The minimum absolute atomic E-state index is 0.207. The van der Waals surface area contributed by atoms with Crippen LogP contribution in [0.2, 0.25) is 0 Å². The molecule has 6 heteroatoms.